The Morgan fingerprint density at radius 1 is 0.871 bits per heavy atom. The minimum atomic E-state index is -0.121. The Kier molecular flexibility index (Phi) is 7.36. The fourth-order valence-corrected chi connectivity index (χ4v) is 4.33. The van der Waals surface area contributed by atoms with E-state index in [2.05, 4.69) is 51.7 Å². The van der Waals surface area contributed by atoms with Crippen molar-refractivity contribution < 1.29 is 4.39 Å². The van der Waals surface area contributed by atoms with E-state index in [0.717, 1.165) is 63.4 Å². The molecular weight excluding hydrogens is 387 g/mol. The fourth-order valence-electron chi connectivity index (χ4n) is 4.33. The number of aryl methyl sites for hydroxylation is 2. The average Bonchev–Trinajstić information content (AvgIpc) is 3.22. The van der Waals surface area contributed by atoms with Crippen molar-refractivity contribution in [3.8, 4) is 5.69 Å². The molecule has 31 heavy (non-hydrogen) atoms. The number of benzene rings is 2. The molecule has 0 N–H and O–H groups in total. The summed E-state index contributed by atoms with van der Waals surface area (Å²) < 4.78 is 16.2. The number of piperazine rings is 1. The van der Waals surface area contributed by atoms with Crippen LogP contribution in [0, 0.1) is 5.82 Å². The van der Waals surface area contributed by atoms with Crippen LogP contribution in [-0.4, -0.2) is 47.4 Å². The van der Waals surface area contributed by atoms with Crippen LogP contribution < -0.4 is 4.90 Å². The molecule has 4 rings (SSSR count). The van der Waals surface area contributed by atoms with Crippen LogP contribution in [0.25, 0.3) is 5.69 Å². The molecule has 0 radical (unpaired) electrons. The van der Waals surface area contributed by atoms with Crippen LogP contribution in [-0.2, 0) is 12.8 Å². The molecule has 164 valence electrons. The molecule has 2 heterocycles. The summed E-state index contributed by atoms with van der Waals surface area (Å²) >= 11 is 0. The second kappa shape index (κ2) is 10.6. The lowest BCUT2D eigenvalue weighted by atomic mass is 10.1. The minimum absolute atomic E-state index is 0.121. The highest BCUT2D eigenvalue weighted by atomic mass is 19.1. The molecule has 5 heteroatoms. The van der Waals surface area contributed by atoms with Crippen molar-refractivity contribution in [1.82, 2.24) is 14.7 Å². The number of aromatic nitrogens is 2. The minimum Gasteiger partial charge on any atom is -0.367 e. The molecule has 0 bridgehead atoms. The molecular formula is C26H33FN4. The Morgan fingerprint density at radius 3 is 2.35 bits per heavy atom. The van der Waals surface area contributed by atoms with Crippen molar-refractivity contribution in [3.05, 3.63) is 77.9 Å². The van der Waals surface area contributed by atoms with Crippen molar-refractivity contribution in [2.75, 3.05) is 37.6 Å². The van der Waals surface area contributed by atoms with E-state index in [0.29, 0.717) is 0 Å². The van der Waals surface area contributed by atoms with Crippen LogP contribution in [0.4, 0.5) is 10.1 Å². The monoisotopic (exact) mass is 420 g/mol. The number of nitrogens with zero attached hydrogens (tertiary/aromatic N) is 4. The maximum Gasteiger partial charge on any atom is 0.146 e. The molecule has 4 nitrogen and oxygen atoms in total. The number of rotatable bonds is 9. The first-order valence-corrected chi connectivity index (χ1v) is 11.6. The second-order valence-electron chi connectivity index (χ2n) is 8.36. The Labute approximate surface area is 185 Å². The average molecular weight is 421 g/mol. The normalized spacial score (nSPS) is 14.8. The molecule has 0 amide bonds. The molecule has 1 aliphatic heterocycles. The van der Waals surface area contributed by atoms with Gasteiger partial charge in [0.2, 0.25) is 0 Å². The van der Waals surface area contributed by atoms with Gasteiger partial charge in [0, 0.05) is 31.9 Å². The Morgan fingerprint density at radius 2 is 1.61 bits per heavy atom. The molecule has 0 unspecified atom stereocenters. The quantitative estimate of drug-likeness (QED) is 0.481. The van der Waals surface area contributed by atoms with Crippen LogP contribution in [0.2, 0.25) is 0 Å². The van der Waals surface area contributed by atoms with Gasteiger partial charge in [-0.1, -0.05) is 43.7 Å². The first kappa shape index (κ1) is 21.6. The van der Waals surface area contributed by atoms with Gasteiger partial charge in [-0.15, -0.1) is 0 Å². The van der Waals surface area contributed by atoms with E-state index >= 15 is 0 Å². The molecule has 1 fully saturated rings. The van der Waals surface area contributed by atoms with Crippen molar-refractivity contribution in [3.63, 3.8) is 0 Å². The van der Waals surface area contributed by atoms with Crippen molar-refractivity contribution in [2.24, 2.45) is 0 Å². The van der Waals surface area contributed by atoms with Gasteiger partial charge < -0.3 is 4.90 Å². The van der Waals surface area contributed by atoms with Crippen LogP contribution in [0.5, 0.6) is 0 Å². The third kappa shape index (κ3) is 5.53. The van der Waals surface area contributed by atoms with E-state index in [1.54, 1.807) is 12.1 Å². The number of hydrogen-bond donors (Lipinski definition) is 0. The van der Waals surface area contributed by atoms with Gasteiger partial charge in [0.05, 0.1) is 17.1 Å². The van der Waals surface area contributed by atoms with Gasteiger partial charge in [-0.3, -0.25) is 4.90 Å². The zero-order valence-corrected chi connectivity index (χ0v) is 18.5. The molecule has 2 aromatic carbocycles. The smallest absolute Gasteiger partial charge is 0.146 e. The van der Waals surface area contributed by atoms with Crippen LogP contribution in [0.15, 0.2) is 60.7 Å². The fraction of sp³-hybridized carbons (Fsp3) is 0.423. The number of anilines is 1. The largest absolute Gasteiger partial charge is 0.367 e. The van der Waals surface area contributed by atoms with E-state index in [1.807, 2.05) is 18.2 Å². The molecule has 0 atom stereocenters. The SMILES string of the molecule is CCCCc1cc(CCCN2CCN(c3ccccc3F)CC2)n(-c2ccccc2)n1. The summed E-state index contributed by atoms with van der Waals surface area (Å²) in [7, 11) is 0. The lowest BCUT2D eigenvalue weighted by Crippen LogP contribution is -2.47. The van der Waals surface area contributed by atoms with E-state index in [9.17, 15) is 4.39 Å². The van der Waals surface area contributed by atoms with Crippen LogP contribution in [0.1, 0.15) is 37.6 Å². The molecule has 1 aliphatic rings. The third-order valence-corrected chi connectivity index (χ3v) is 6.09. The highest BCUT2D eigenvalue weighted by Gasteiger charge is 2.19. The second-order valence-corrected chi connectivity index (χ2v) is 8.36. The highest BCUT2D eigenvalue weighted by Crippen LogP contribution is 2.21. The van der Waals surface area contributed by atoms with Gasteiger partial charge >= 0.3 is 0 Å². The Bertz CT molecular complexity index is 945. The van der Waals surface area contributed by atoms with Gasteiger partial charge in [-0.2, -0.15) is 5.10 Å². The van der Waals surface area contributed by atoms with Gasteiger partial charge in [0.15, 0.2) is 0 Å². The van der Waals surface area contributed by atoms with E-state index in [1.165, 1.54) is 24.2 Å². The standard InChI is InChI=1S/C26H33FN4/c1-2-3-10-22-21-24(31(28-22)23-11-5-4-6-12-23)13-9-16-29-17-19-30(20-18-29)26-15-8-7-14-25(26)27/h4-8,11-12,14-15,21H,2-3,9-10,13,16-20H2,1H3. The topological polar surface area (TPSA) is 24.3 Å². The molecule has 1 aromatic heterocycles. The Balaban J connectivity index is 1.32. The van der Waals surface area contributed by atoms with E-state index in [-0.39, 0.29) is 5.82 Å². The summed E-state index contributed by atoms with van der Waals surface area (Å²) in [6.07, 6.45) is 5.53. The first-order valence-electron chi connectivity index (χ1n) is 11.6. The zero-order valence-electron chi connectivity index (χ0n) is 18.5. The van der Waals surface area contributed by atoms with Crippen molar-refractivity contribution in [1.29, 1.82) is 0 Å². The highest BCUT2D eigenvalue weighted by molar-refractivity contribution is 5.48. The molecule has 0 saturated carbocycles. The maximum absolute atomic E-state index is 14.1. The van der Waals surface area contributed by atoms with Gasteiger partial charge in [0.25, 0.3) is 0 Å². The van der Waals surface area contributed by atoms with Crippen molar-refractivity contribution in [2.45, 2.75) is 39.0 Å². The predicted molar refractivity (Wildman–Crippen MR) is 126 cm³/mol. The summed E-state index contributed by atoms with van der Waals surface area (Å²) in [6.45, 7) is 7.01. The maximum atomic E-state index is 14.1. The van der Waals surface area contributed by atoms with Crippen LogP contribution >= 0.6 is 0 Å². The van der Waals surface area contributed by atoms with Crippen LogP contribution in [0.3, 0.4) is 0 Å². The third-order valence-electron chi connectivity index (χ3n) is 6.09. The molecule has 0 aliphatic carbocycles. The Hall–Kier alpha value is -2.66. The molecule has 0 spiro atoms. The van der Waals surface area contributed by atoms with Crippen molar-refractivity contribution >= 4 is 5.69 Å². The zero-order chi connectivity index (χ0) is 21.5. The molecule has 3 aromatic rings. The lowest BCUT2D eigenvalue weighted by Gasteiger charge is -2.36. The van der Waals surface area contributed by atoms with E-state index < -0.39 is 0 Å². The number of hydrogen-bond acceptors (Lipinski definition) is 3. The number of halogens is 1. The van der Waals surface area contributed by atoms with Gasteiger partial charge in [-0.25, -0.2) is 9.07 Å². The number of unbranched alkanes of at least 4 members (excludes halogenated alkanes) is 1. The van der Waals surface area contributed by atoms with Gasteiger partial charge in [-0.05, 0) is 62.6 Å². The predicted octanol–water partition coefficient (Wildman–Crippen LogP) is 5.11. The summed E-state index contributed by atoms with van der Waals surface area (Å²) in [5, 5.41) is 4.90. The summed E-state index contributed by atoms with van der Waals surface area (Å²) in [5.41, 5.74) is 4.36. The number of para-hydroxylation sites is 2. The van der Waals surface area contributed by atoms with E-state index in [4.69, 9.17) is 5.10 Å². The lowest BCUT2D eigenvalue weighted by molar-refractivity contribution is 0.254. The summed E-state index contributed by atoms with van der Waals surface area (Å²) in [6, 6.07) is 19.8. The van der Waals surface area contributed by atoms with Gasteiger partial charge in [0.1, 0.15) is 5.82 Å². The molecule has 1 saturated heterocycles. The summed E-state index contributed by atoms with van der Waals surface area (Å²) in [5.74, 6) is -0.121. The first-order chi connectivity index (χ1) is 15.2. The summed E-state index contributed by atoms with van der Waals surface area (Å²) in [4.78, 5) is 4.66.